The predicted octanol–water partition coefficient (Wildman–Crippen LogP) is 2.98. The van der Waals surface area contributed by atoms with Crippen LogP contribution in [0.1, 0.15) is 16.4 Å². The lowest BCUT2D eigenvalue weighted by Crippen LogP contribution is -2.41. The van der Waals surface area contributed by atoms with E-state index < -0.39 is 0 Å². The van der Waals surface area contributed by atoms with Gasteiger partial charge in [0.25, 0.3) is 5.91 Å². The van der Waals surface area contributed by atoms with Crippen LogP contribution in [0, 0.1) is 0 Å². The lowest BCUT2D eigenvalue weighted by molar-refractivity contribution is 0.0517. The molecular weight excluding hydrogens is 384 g/mol. The van der Waals surface area contributed by atoms with E-state index in [1.807, 2.05) is 53.1 Å². The minimum atomic E-state index is -0.252. The molecule has 0 radical (unpaired) electrons. The van der Waals surface area contributed by atoms with Gasteiger partial charge in [0, 0.05) is 7.05 Å². The molecule has 1 unspecified atom stereocenters. The van der Waals surface area contributed by atoms with Crippen molar-refractivity contribution in [1.82, 2.24) is 19.4 Å². The Balaban J connectivity index is 1.24. The smallest absolute Gasteiger partial charge is 0.275 e. The van der Waals surface area contributed by atoms with Gasteiger partial charge in [-0.25, -0.2) is 9.97 Å². The Labute approximate surface area is 172 Å². The first-order valence-corrected chi connectivity index (χ1v) is 9.65. The summed E-state index contributed by atoms with van der Waals surface area (Å²) in [5.74, 6) is 1.62. The topological polar surface area (TPSA) is 82.6 Å². The van der Waals surface area contributed by atoms with Gasteiger partial charge in [0.1, 0.15) is 19.4 Å². The summed E-state index contributed by atoms with van der Waals surface area (Å²) in [6.45, 7) is 1.15. The van der Waals surface area contributed by atoms with Crippen LogP contribution in [-0.2, 0) is 6.54 Å². The summed E-state index contributed by atoms with van der Waals surface area (Å²) in [7, 11) is 1.71. The zero-order valence-corrected chi connectivity index (χ0v) is 16.4. The molecule has 2 aromatic carbocycles. The van der Waals surface area contributed by atoms with Crippen LogP contribution in [-0.4, -0.2) is 51.6 Å². The van der Waals surface area contributed by atoms with Crippen molar-refractivity contribution in [3.8, 4) is 11.5 Å². The van der Waals surface area contributed by atoms with Crippen molar-refractivity contribution in [1.29, 1.82) is 0 Å². The van der Waals surface area contributed by atoms with Crippen molar-refractivity contribution < 1.29 is 18.7 Å². The number of aromatic nitrogens is 3. The predicted molar refractivity (Wildman–Crippen MR) is 109 cm³/mol. The van der Waals surface area contributed by atoms with E-state index in [0.29, 0.717) is 31.3 Å². The third-order valence-electron chi connectivity index (χ3n) is 5.00. The van der Waals surface area contributed by atoms with E-state index in [1.54, 1.807) is 18.3 Å². The number of ether oxygens (including phenoxy) is 2. The zero-order valence-electron chi connectivity index (χ0n) is 16.4. The molecule has 0 N–H and O–H groups in total. The number of para-hydroxylation sites is 4. The third kappa shape index (κ3) is 3.47. The second-order valence-electron chi connectivity index (χ2n) is 7.17. The Morgan fingerprint density at radius 1 is 1.17 bits per heavy atom. The Morgan fingerprint density at radius 3 is 2.87 bits per heavy atom. The van der Waals surface area contributed by atoms with E-state index in [0.717, 1.165) is 16.8 Å². The molecule has 8 nitrogen and oxygen atoms in total. The Bertz CT molecular complexity index is 1200. The van der Waals surface area contributed by atoms with Crippen molar-refractivity contribution in [2.24, 2.45) is 0 Å². The standard InChI is InChI=1S/C22H20N4O4/c1-25(10-15-12-28-19-8-4-5-9-20(19)30-15)22(27)17-13-29-21(24-17)11-26-14-23-16-6-2-3-7-18(16)26/h2-9,13-15H,10-12H2,1H3. The van der Waals surface area contributed by atoms with Crippen LogP contribution in [0.4, 0.5) is 0 Å². The van der Waals surface area contributed by atoms with Gasteiger partial charge in [0.15, 0.2) is 23.3 Å². The minimum absolute atomic E-state index is 0.233. The highest BCUT2D eigenvalue weighted by molar-refractivity contribution is 5.91. The van der Waals surface area contributed by atoms with Crippen LogP contribution in [0.3, 0.4) is 0 Å². The number of hydrogen-bond acceptors (Lipinski definition) is 6. The number of oxazole rings is 1. The average molecular weight is 404 g/mol. The number of carbonyl (C=O) groups excluding carboxylic acids is 1. The third-order valence-corrected chi connectivity index (χ3v) is 5.00. The van der Waals surface area contributed by atoms with E-state index in [9.17, 15) is 4.79 Å². The van der Waals surface area contributed by atoms with Gasteiger partial charge in [-0.05, 0) is 24.3 Å². The van der Waals surface area contributed by atoms with Crippen molar-refractivity contribution >= 4 is 16.9 Å². The highest BCUT2D eigenvalue weighted by Gasteiger charge is 2.25. The van der Waals surface area contributed by atoms with Gasteiger partial charge in [0.2, 0.25) is 5.89 Å². The summed E-state index contributed by atoms with van der Waals surface area (Å²) in [5.41, 5.74) is 2.14. The Hall–Kier alpha value is -3.81. The fourth-order valence-electron chi connectivity index (χ4n) is 3.50. The van der Waals surface area contributed by atoms with E-state index in [2.05, 4.69) is 9.97 Å². The second-order valence-corrected chi connectivity index (χ2v) is 7.17. The molecule has 0 aliphatic carbocycles. The molecule has 4 aromatic rings. The number of rotatable bonds is 5. The Morgan fingerprint density at radius 2 is 1.97 bits per heavy atom. The molecule has 5 rings (SSSR count). The van der Waals surface area contributed by atoms with Gasteiger partial charge in [-0.1, -0.05) is 24.3 Å². The maximum Gasteiger partial charge on any atom is 0.275 e. The maximum absolute atomic E-state index is 12.8. The molecule has 0 saturated carbocycles. The van der Waals surface area contributed by atoms with Crippen molar-refractivity contribution in [3.63, 3.8) is 0 Å². The molecule has 1 amide bonds. The summed E-state index contributed by atoms with van der Waals surface area (Å²) in [6.07, 6.45) is 2.87. The second kappa shape index (κ2) is 7.55. The average Bonchev–Trinajstić information content (AvgIpc) is 3.41. The summed E-state index contributed by atoms with van der Waals surface area (Å²) in [5, 5.41) is 0. The minimum Gasteiger partial charge on any atom is -0.486 e. The van der Waals surface area contributed by atoms with Gasteiger partial charge in [-0.2, -0.15) is 0 Å². The highest BCUT2D eigenvalue weighted by atomic mass is 16.6. The molecule has 30 heavy (non-hydrogen) atoms. The molecule has 2 aromatic heterocycles. The van der Waals surface area contributed by atoms with Crippen molar-refractivity contribution in [3.05, 3.63) is 72.7 Å². The fraction of sp³-hybridized carbons (Fsp3) is 0.227. The molecular formula is C22H20N4O4. The van der Waals surface area contributed by atoms with Gasteiger partial charge < -0.3 is 23.4 Å². The summed E-state index contributed by atoms with van der Waals surface area (Å²) in [4.78, 5) is 23.1. The summed E-state index contributed by atoms with van der Waals surface area (Å²) >= 11 is 0. The number of benzene rings is 2. The van der Waals surface area contributed by atoms with Gasteiger partial charge in [-0.15, -0.1) is 0 Å². The first-order chi connectivity index (χ1) is 14.7. The van der Waals surface area contributed by atoms with Crippen LogP contribution < -0.4 is 9.47 Å². The molecule has 0 bridgehead atoms. The lowest BCUT2D eigenvalue weighted by atomic mass is 10.2. The number of likely N-dealkylation sites (N-methyl/N-ethyl adjacent to an activating group) is 1. The van der Waals surface area contributed by atoms with E-state index >= 15 is 0 Å². The van der Waals surface area contributed by atoms with Crippen LogP contribution in [0.25, 0.3) is 11.0 Å². The zero-order chi connectivity index (χ0) is 20.5. The van der Waals surface area contributed by atoms with Crippen LogP contribution in [0.5, 0.6) is 11.5 Å². The molecule has 0 fully saturated rings. The number of imidazole rings is 1. The number of hydrogen-bond donors (Lipinski definition) is 0. The molecule has 8 heteroatoms. The highest BCUT2D eigenvalue weighted by Crippen LogP contribution is 2.31. The van der Waals surface area contributed by atoms with E-state index in [-0.39, 0.29) is 17.7 Å². The lowest BCUT2D eigenvalue weighted by Gasteiger charge is -2.29. The van der Waals surface area contributed by atoms with E-state index in [1.165, 1.54) is 6.26 Å². The number of nitrogens with zero attached hydrogens (tertiary/aromatic N) is 4. The maximum atomic E-state index is 12.8. The van der Waals surface area contributed by atoms with Gasteiger partial charge >= 0.3 is 0 Å². The molecule has 1 aliphatic heterocycles. The van der Waals surface area contributed by atoms with Crippen LogP contribution in [0.2, 0.25) is 0 Å². The molecule has 0 saturated heterocycles. The molecule has 152 valence electrons. The first-order valence-electron chi connectivity index (χ1n) is 9.65. The summed E-state index contributed by atoms with van der Waals surface area (Å²) < 4.78 is 19.1. The normalized spacial score (nSPS) is 15.3. The van der Waals surface area contributed by atoms with Crippen molar-refractivity contribution in [2.75, 3.05) is 20.2 Å². The van der Waals surface area contributed by atoms with E-state index in [4.69, 9.17) is 13.9 Å². The molecule has 0 spiro atoms. The number of carbonyl (C=O) groups is 1. The number of fused-ring (bicyclic) bond motifs is 2. The first kappa shape index (κ1) is 18.2. The van der Waals surface area contributed by atoms with Crippen LogP contribution in [0.15, 0.2) is 65.5 Å². The van der Waals surface area contributed by atoms with Crippen LogP contribution >= 0.6 is 0 Å². The van der Waals surface area contributed by atoms with Crippen molar-refractivity contribution in [2.45, 2.75) is 12.6 Å². The van der Waals surface area contributed by atoms with Gasteiger partial charge in [0.05, 0.1) is 23.9 Å². The summed E-state index contributed by atoms with van der Waals surface area (Å²) in [6, 6.07) is 15.3. The fourth-order valence-corrected chi connectivity index (χ4v) is 3.50. The monoisotopic (exact) mass is 404 g/mol. The largest absolute Gasteiger partial charge is 0.486 e. The number of amides is 1. The van der Waals surface area contributed by atoms with Gasteiger partial charge in [-0.3, -0.25) is 4.79 Å². The molecule has 1 atom stereocenters. The Kier molecular flexibility index (Phi) is 4.59. The quantitative estimate of drug-likeness (QED) is 0.509. The molecule has 3 heterocycles. The molecule has 1 aliphatic rings. The SMILES string of the molecule is CN(CC1COc2ccccc2O1)C(=O)c1coc(Cn2cnc3ccccc32)n1.